The van der Waals surface area contributed by atoms with E-state index in [1.54, 1.807) is 7.11 Å². The highest BCUT2D eigenvalue weighted by Gasteiger charge is 2.09. The number of H-pyrrole nitrogens is 1. The summed E-state index contributed by atoms with van der Waals surface area (Å²) in [6.45, 7) is 1.96. The molecule has 2 N–H and O–H groups in total. The normalized spacial score (nSPS) is 10.4. The fourth-order valence-electron chi connectivity index (χ4n) is 2.12. The van der Waals surface area contributed by atoms with Crippen LogP contribution in [0, 0.1) is 0 Å². The van der Waals surface area contributed by atoms with Crippen molar-refractivity contribution in [3.63, 3.8) is 0 Å². The Morgan fingerprint density at radius 1 is 1.32 bits per heavy atom. The van der Waals surface area contributed by atoms with Crippen LogP contribution in [0.3, 0.4) is 0 Å². The van der Waals surface area contributed by atoms with Crippen molar-refractivity contribution in [1.29, 1.82) is 0 Å². The molecule has 1 aromatic carbocycles. The van der Waals surface area contributed by atoms with E-state index in [4.69, 9.17) is 19.4 Å². The predicted octanol–water partition coefficient (Wildman–Crippen LogP) is 2.00. The summed E-state index contributed by atoms with van der Waals surface area (Å²) in [6.07, 6.45) is 3.09. The predicted molar refractivity (Wildman–Crippen MR) is 86.6 cm³/mol. The molecule has 0 bridgehead atoms. The lowest BCUT2D eigenvalue weighted by molar-refractivity contribution is -0.122. The number of aromatic nitrogens is 1. The van der Waals surface area contributed by atoms with Gasteiger partial charge in [0.25, 0.3) is 6.47 Å². The lowest BCUT2D eigenvalue weighted by Crippen LogP contribution is -2.15. The van der Waals surface area contributed by atoms with Crippen LogP contribution in [-0.4, -0.2) is 62.4 Å². The van der Waals surface area contributed by atoms with E-state index in [2.05, 4.69) is 36.2 Å². The van der Waals surface area contributed by atoms with Crippen LogP contribution >= 0.6 is 0 Å². The third-order valence-electron chi connectivity index (χ3n) is 3.12. The minimum Gasteiger partial charge on any atom is -0.490 e. The van der Waals surface area contributed by atoms with E-state index in [0.717, 1.165) is 24.2 Å². The number of fused-ring (bicyclic) bond motifs is 1. The standard InChI is InChI=1S/C15H22N2O2.CH2O2/c1-17(2)8-7-12-11-16-13-5-4-6-14(15(12)13)19-10-9-18-3;2-1-3/h4-6,11,16H,7-10H2,1-3H3;1H,(H,2,3). The maximum absolute atomic E-state index is 8.36. The number of hydrogen-bond donors (Lipinski definition) is 2. The van der Waals surface area contributed by atoms with Crippen LogP contribution in [0.4, 0.5) is 0 Å². The molecule has 0 aliphatic carbocycles. The van der Waals surface area contributed by atoms with Crippen molar-refractivity contribution in [3.8, 4) is 5.75 Å². The second kappa shape index (κ2) is 9.81. The van der Waals surface area contributed by atoms with E-state index in [9.17, 15) is 0 Å². The molecule has 0 unspecified atom stereocenters. The number of rotatable bonds is 7. The fourth-order valence-corrected chi connectivity index (χ4v) is 2.12. The molecule has 6 heteroatoms. The van der Waals surface area contributed by atoms with Gasteiger partial charge in [0.1, 0.15) is 12.4 Å². The topological polar surface area (TPSA) is 74.8 Å². The van der Waals surface area contributed by atoms with Crippen molar-refractivity contribution in [2.24, 2.45) is 0 Å². The van der Waals surface area contributed by atoms with Gasteiger partial charge in [-0.25, -0.2) is 0 Å². The highest BCUT2D eigenvalue weighted by Crippen LogP contribution is 2.29. The Morgan fingerprint density at radius 2 is 2.05 bits per heavy atom. The first-order valence-electron chi connectivity index (χ1n) is 7.07. The van der Waals surface area contributed by atoms with Gasteiger partial charge in [-0.3, -0.25) is 4.79 Å². The van der Waals surface area contributed by atoms with E-state index >= 15 is 0 Å². The molecule has 0 radical (unpaired) electrons. The smallest absolute Gasteiger partial charge is 0.290 e. The fraction of sp³-hybridized carbons (Fsp3) is 0.438. The number of benzene rings is 1. The van der Waals surface area contributed by atoms with Crippen molar-refractivity contribution in [2.45, 2.75) is 6.42 Å². The zero-order valence-corrected chi connectivity index (χ0v) is 13.3. The summed E-state index contributed by atoms with van der Waals surface area (Å²) in [6, 6.07) is 6.11. The number of carbonyl (C=O) groups is 1. The number of methoxy groups -OCH3 is 1. The highest BCUT2D eigenvalue weighted by atomic mass is 16.5. The molecule has 22 heavy (non-hydrogen) atoms. The molecule has 0 amide bonds. The van der Waals surface area contributed by atoms with Gasteiger partial charge >= 0.3 is 0 Å². The largest absolute Gasteiger partial charge is 0.490 e. The van der Waals surface area contributed by atoms with Gasteiger partial charge in [-0.05, 0) is 38.2 Å². The molecule has 0 saturated carbocycles. The lowest BCUT2D eigenvalue weighted by atomic mass is 10.1. The van der Waals surface area contributed by atoms with Gasteiger partial charge in [-0.2, -0.15) is 0 Å². The quantitative estimate of drug-likeness (QED) is 0.604. The SMILES string of the molecule is COCCOc1cccc2[nH]cc(CCN(C)C)c12.O=CO. The summed E-state index contributed by atoms with van der Waals surface area (Å²) in [7, 11) is 5.86. The summed E-state index contributed by atoms with van der Waals surface area (Å²) in [4.78, 5) is 13.9. The van der Waals surface area contributed by atoms with Crippen LogP contribution in [0.2, 0.25) is 0 Å². The van der Waals surface area contributed by atoms with Crippen LogP contribution in [0.15, 0.2) is 24.4 Å². The third kappa shape index (κ3) is 5.38. The van der Waals surface area contributed by atoms with Crippen molar-refractivity contribution < 1.29 is 19.4 Å². The van der Waals surface area contributed by atoms with Gasteiger partial charge in [-0.1, -0.05) is 6.07 Å². The molecule has 6 nitrogen and oxygen atoms in total. The highest BCUT2D eigenvalue weighted by molar-refractivity contribution is 5.89. The van der Waals surface area contributed by atoms with Crippen LogP contribution in [0.5, 0.6) is 5.75 Å². The number of ether oxygens (including phenoxy) is 2. The molecule has 1 aromatic heterocycles. The second-order valence-corrected chi connectivity index (χ2v) is 4.99. The van der Waals surface area contributed by atoms with E-state index < -0.39 is 0 Å². The summed E-state index contributed by atoms with van der Waals surface area (Å²) >= 11 is 0. The monoisotopic (exact) mass is 308 g/mol. The molecule has 0 aliphatic rings. The molecule has 0 spiro atoms. The van der Waals surface area contributed by atoms with Crippen molar-refractivity contribution in [3.05, 3.63) is 30.0 Å². The maximum Gasteiger partial charge on any atom is 0.290 e. The first-order valence-corrected chi connectivity index (χ1v) is 7.07. The first-order chi connectivity index (χ1) is 10.6. The van der Waals surface area contributed by atoms with Crippen LogP contribution in [0.25, 0.3) is 10.9 Å². The van der Waals surface area contributed by atoms with Crippen molar-refractivity contribution >= 4 is 17.4 Å². The van der Waals surface area contributed by atoms with Crippen molar-refractivity contribution in [2.75, 3.05) is 41.0 Å². The molecule has 2 rings (SSSR count). The molecule has 0 aliphatic heterocycles. The number of hydrogen-bond acceptors (Lipinski definition) is 4. The molecular weight excluding hydrogens is 284 g/mol. The minimum atomic E-state index is -0.250. The van der Waals surface area contributed by atoms with Gasteiger partial charge in [0.15, 0.2) is 0 Å². The zero-order valence-electron chi connectivity index (χ0n) is 13.3. The van der Waals surface area contributed by atoms with Crippen LogP contribution in [0.1, 0.15) is 5.56 Å². The van der Waals surface area contributed by atoms with Crippen LogP contribution in [-0.2, 0) is 16.0 Å². The van der Waals surface area contributed by atoms with Crippen LogP contribution < -0.4 is 4.74 Å². The van der Waals surface area contributed by atoms with Gasteiger partial charge in [0, 0.05) is 30.8 Å². The van der Waals surface area contributed by atoms with E-state index in [0.29, 0.717) is 13.2 Å². The van der Waals surface area contributed by atoms with E-state index in [1.807, 2.05) is 12.1 Å². The van der Waals surface area contributed by atoms with Gasteiger partial charge in [0.2, 0.25) is 0 Å². The maximum atomic E-state index is 8.36. The Kier molecular flexibility index (Phi) is 8.03. The molecular formula is C16H24N2O4. The minimum absolute atomic E-state index is 0.250. The molecule has 0 atom stereocenters. The number of nitrogens with one attached hydrogen (secondary N) is 1. The number of likely N-dealkylation sites (N-methyl/N-ethyl adjacent to an activating group) is 1. The van der Waals surface area contributed by atoms with Gasteiger partial charge in [-0.15, -0.1) is 0 Å². The number of aromatic amines is 1. The first kappa shape index (κ1) is 18.0. The van der Waals surface area contributed by atoms with Gasteiger partial charge in [0.05, 0.1) is 6.61 Å². The van der Waals surface area contributed by atoms with E-state index in [1.165, 1.54) is 10.9 Å². The van der Waals surface area contributed by atoms with Gasteiger partial charge < -0.3 is 24.5 Å². The summed E-state index contributed by atoms with van der Waals surface area (Å²) in [5, 5.41) is 8.08. The number of carboxylic acid groups (broad SMARTS) is 1. The molecule has 0 saturated heterocycles. The second-order valence-electron chi connectivity index (χ2n) is 4.99. The Hall–Kier alpha value is -2.05. The molecule has 122 valence electrons. The van der Waals surface area contributed by atoms with E-state index in [-0.39, 0.29) is 6.47 Å². The average molecular weight is 308 g/mol. The molecule has 1 heterocycles. The Labute approximate surface area is 130 Å². The summed E-state index contributed by atoms with van der Waals surface area (Å²) in [5.41, 5.74) is 2.43. The Balaban J connectivity index is 0.000000745. The molecule has 2 aromatic rings. The Morgan fingerprint density at radius 3 is 2.68 bits per heavy atom. The third-order valence-corrected chi connectivity index (χ3v) is 3.12. The average Bonchev–Trinajstić information content (AvgIpc) is 2.90. The summed E-state index contributed by atoms with van der Waals surface area (Å²) < 4.78 is 10.8. The van der Waals surface area contributed by atoms with Crippen molar-refractivity contribution in [1.82, 2.24) is 9.88 Å². The number of nitrogens with zero attached hydrogens (tertiary/aromatic N) is 1. The summed E-state index contributed by atoms with van der Waals surface area (Å²) in [5.74, 6) is 0.935. The zero-order chi connectivity index (χ0) is 16.4. The lowest BCUT2D eigenvalue weighted by Gasteiger charge is -2.11. The Bertz CT molecular complexity index is 566. The molecule has 0 fully saturated rings.